The number of pyridine rings is 1. The van der Waals surface area contributed by atoms with Gasteiger partial charge < -0.3 is 10.4 Å². The molecule has 2 rings (SSSR count). The zero-order valence-corrected chi connectivity index (χ0v) is 13.1. The van der Waals surface area contributed by atoms with Gasteiger partial charge in [0.25, 0.3) is 0 Å². The largest absolute Gasteiger partial charge is 0.396 e. The summed E-state index contributed by atoms with van der Waals surface area (Å²) in [5, 5.41) is 12.4. The Labute approximate surface area is 131 Å². The molecule has 3 nitrogen and oxygen atoms in total. The fourth-order valence-electron chi connectivity index (χ4n) is 2.47. The molecule has 118 valence electrons. The molecule has 1 aromatic carbocycles. The normalized spacial score (nSPS) is 12.6. The standard InChI is InChI=1S/C18H23FN2O/c1-13(2)18(7-10-22)21-12-16-4-3-15(11-17(16)19)14-5-8-20-9-6-14/h3-6,8-9,11,13,18,21-22H,7,10,12H2,1-2H3. The number of aliphatic hydroxyl groups is 1. The van der Waals surface area contributed by atoms with E-state index in [1.807, 2.05) is 24.3 Å². The first-order valence-electron chi connectivity index (χ1n) is 7.65. The Morgan fingerprint density at radius 1 is 1.14 bits per heavy atom. The van der Waals surface area contributed by atoms with Crippen molar-refractivity contribution in [2.75, 3.05) is 6.61 Å². The molecule has 1 unspecified atom stereocenters. The summed E-state index contributed by atoms with van der Waals surface area (Å²) in [7, 11) is 0. The lowest BCUT2D eigenvalue weighted by atomic mass is 10.0. The monoisotopic (exact) mass is 302 g/mol. The molecule has 0 fully saturated rings. The first kappa shape index (κ1) is 16.6. The van der Waals surface area contributed by atoms with Crippen LogP contribution in [0.25, 0.3) is 11.1 Å². The molecule has 22 heavy (non-hydrogen) atoms. The molecule has 1 heterocycles. The van der Waals surface area contributed by atoms with Gasteiger partial charge in [0, 0.05) is 37.2 Å². The third kappa shape index (κ3) is 4.36. The van der Waals surface area contributed by atoms with Crippen LogP contribution in [0.3, 0.4) is 0 Å². The highest BCUT2D eigenvalue weighted by molar-refractivity contribution is 5.63. The number of hydrogen-bond acceptors (Lipinski definition) is 3. The fourth-order valence-corrected chi connectivity index (χ4v) is 2.47. The van der Waals surface area contributed by atoms with Crippen molar-refractivity contribution in [1.82, 2.24) is 10.3 Å². The predicted molar refractivity (Wildman–Crippen MR) is 86.8 cm³/mol. The van der Waals surface area contributed by atoms with Gasteiger partial charge in [-0.1, -0.05) is 26.0 Å². The third-order valence-corrected chi connectivity index (χ3v) is 3.87. The Balaban J connectivity index is 2.07. The molecule has 0 aliphatic heterocycles. The SMILES string of the molecule is CC(C)C(CCO)NCc1ccc(-c2ccncc2)cc1F. The fraction of sp³-hybridized carbons (Fsp3) is 0.389. The maximum Gasteiger partial charge on any atom is 0.128 e. The summed E-state index contributed by atoms with van der Waals surface area (Å²) in [6.45, 7) is 4.79. The molecule has 0 bridgehead atoms. The smallest absolute Gasteiger partial charge is 0.128 e. The maximum atomic E-state index is 14.3. The first-order chi connectivity index (χ1) is 10.6. The minimum Gasteiger partial charge on any atom is -0.396 e. The Kier molecular flexibility index (Phi) is 6.04. The first-order valence-corrected chi connectivity index (χ1v) is 7.65. The number of nitrogens with one attached hydrogen (secondary N) is 1. The van der Waals surface area contributed by atoms with E-state index in [2.05, 4.69) is 24.1 Å². The minimum atomic E-state index is -0.215. The van der Waals surface area contributed by atoms with E-state index in [9.17, 15) is 4.39 Å². The van der Waals surface area contributed by atoms with Crippen molar-refractivity contribution in [2.24, 2.45) is 5.92 Å². The van der Waals surface area contributed by atoms with Gasteiger partial charge in [-0.15, -0.1) is 0 Å². The van der Waals surface area contributed by atoms with Crippen molar-refractivity contribution in [3.05, 3.63) is 54.1 Å². The minimum absolute atomic E-state index is 0.138. The van der Waals surface area contributed by atoms with E-state index < -0.39 is 0 Å². The number of hydrogen-bond donors (Lipinski definition) is 2. The summed E-state index contributed by atoms with van der Waals surface area (Å²) in [4.78, 5) is 3.97. The van der Waals surface area contributed by atoms with Crippen LogP contribution >= 0.6 is 0 Å². The quantitative estimate of drug-likeness (QED) is 0.824. The summed E-state index contributed by atoms with van der Waals surface area (Å²) in [5.74, 6) is 0.180. The number of aliphatic hydroxyl groups excluding tert-OH is 1. The molecule has 2 N–H and O–H groups in total. The van der Waals surface area contributed by atoms with Gasteiger partial charge in [-0.2, -0.15) is 0 Å². The van der Waals surface area contributed by atoms with Crippen molar-refractivity contribution in [2.45, 2.75) is 32.9 Å². The number of rotatable bonds is 7. The number of aromatic nitrogens is 1. The average Bonchev–Trinajstić information content (AvgIpc) is 2.53. The summed E-state index contributed by atoms with van der Waals surface area (Å²) >= 11 is 0. The van der Waals surface area contributed by atoms with Crippen molar-refractivity contribution >= 4 is 0 Å². The Morgan fingerprint density at radius 3 is 2.45 bits per heavy atom. The van der Waals surface area contributed by atoms with Crippen molar-refractivity contribution in [1.29, 1.82) is 0 Å². The molecule has 0 saturated carbocycles. The predicted octanol–water partition coefficient (Wildman–Crippen LogP) is 3.38. The summed E-state index contributed by atoms with van der Waals surface area (Å²) in [5.41, 5.74) is 2.44. The zero-order chi connectivity index (χ0) is 15.9. The van der Waals surface area contributed by atoms with E-state index >= 15 is 0 Å². The summed E-state index contributed by atoms with van der Waals surface area (Å²) < 4.78 is 14.3. The van der Waals surface area contributed by atoms with Crippen LogP contribution in [0.4, 0.5) is 4.39 Å². The summed E-state index contributed by atoms with van der Waals surface area (Å²) in [6.07, 6.45) is 4.07. The second-order valence-electron chi connectivity index (χ2n) is 5.79. The van der Waals surface area contributed by atoms with Crippen LogP contribution < -0.4 is 5.32 Å². The molecular weight excluding hydrogens is 279 g/mol. The molecule has 0 amide bonds. The lowest BCUT2D eigenvalue weighted by Crippen LogP contribution is -2.34. The van der Waals surface area contributed by atoms with Crippen molar-refractivity contribution < 1.29 is 9.50 Å². The highest BCUT2D eigenvalue weighted by Gasteiger charge is 2.13. The molecule has 0 spiro atoms. The second-order valence-corrected chi connectivity index (χ2v) is 5.79. The van der Waals surface area contributed by atoms with E-state index in [0.717, 1.165) is 11.1 Å². The van der Waals surface area contributed by atoms with Crippen molar-refractivity contribution in [3.8, 4) is 11.1 Å². The van der Waals surface area contributed by atoms with Crippen LogP contribution in [0.5, 0.6) is 0 Å². The lowest BCUT2D eigenvalue weighted by Gasteiger charge is -2.21. The van der Waals surface area contributed by atoms with E-state index in [4.69, 9.17) is 5.11 Å². The van der Waals surface area contributed by atoms with Gasteiger partial charge in [-0.05, 0) is 41.7 Å². The molecule has 0 saturated heterocycles. The van der Waals surface area contributed by atoms with E-state index in [1.54, 1.807) is 18.5 Å². The zero-order valence-electron chi connectivity index (χ0n) is 13.1. The van der Waals surface area contributed by atoms with E-state index in [-0.39, 0.29) is 18.5 Å². The Morgan fingerprint density at radius 2 is 1.86 bits per heavy atom. The molecule has 4 heteroatoms. The van der Waals surface area contributed by atoms with Crippen molar-refractivity contribution in [3.63, 3.8) is 0 Å². The van der Waals surface area contributed by atoms with Crippen LogP contribution in [0.15, 0.2) is 42.7 Å². The average molecular weight is 302 g/mol. The Bertz CT molecular complexity index is 587. The third-order valence-electron chi connectivity index (χ3n) is 3.87. The van der Waals surface area contributed by atoms with E-state index in [0.29, 0.717) is 24.4 Å². The van der Waals surface area contributed by atoms with Crippen LogP contribution in [-0.2, 0) is 6.54 Å². The molecule has 2 aromatic rings. The van der Waals surface area contributed by atoms with Gasteiger partial charge >= 0.3 is 0 Å². The highest BCUT2D eigenvalue weighted by Crippen LogP contribution is 2.21. The van der Waals surface area contributed by atoms with Gasteiger partial charge in [-0.25, -0.2) is 4.39 Å². The van der Waals surface area contributed by atoms with Gasteiger partial charge in [0.2, 0.25) is 0 Å². The molecule has 1 atom stereocenters. The van der Waals surface area contributed by atoms with E-state index in [1.165, 1.54) is 0 Å². The van der Waals surface area contributed by atoms with Crippen LogP contribution in [0.1, 0.15) is 25.8 Å². The van der Waals surface area contributed by atoms with Gasteiger partial charge in [0.1, 0.15) is 5.82 Å². The second kappa shape index (κ2) is 8.01. The van der Waals surface area contributed by atoms with Gasteiger partial charge in [0.15, 0.2) is 0 Å². The molecule has 0 aliphatic rings. The number of halogens is 1. The number of benzene rings is 1. The van der Waals surface area contributed by atoms with Gasteiger partial charge in [-0.3, -0.25) is 4.98 Å². The van der Waals surface area contributed by atoms with Crippen LogP contribution in [0.2, 0.25) is 0 Å². The van der Waals surface area contributed by atoms with Crippen LogP contribution in [0, 0.1) is 11.7 Å². The summed E-state index contributed by atoms with van der Waals surface area (Å²) in [6, 6.07) is 9.21. The molecule has 0 aliphatic carbocycles. The topological polar surface area (TPSA) is 45.1 Å². The van der Waals surface area contributed by atoms with Gasteiger partial charge in [0.05, 0.1) is 0 Å². The lowest BCUT2D eigenvalue weighted by molar-refractivity contribution is 0.243. The molecule has 1 aromatic heterocycles. The van der Waals surface area contributed by atoms with Crippen LogP contribution in [-0.4, -0.2) is 22.7 Å². The Hall–Kier alpha value is -1.78. The highest BCUT2D eigenvalue weighted by atomic mass is 19.1. The molecule has 0 radical (unpaired) electrons. The number of nitrogens with zero attached hydrogens (tertiary/aromatic N) is 1. The maximum absolute atomic E-state index is 14.3. The molecular formula is C18H23FN2O.